The molecule has 0 fully saturated rings. The zero-order valence-electron chi connectivity index (χ0n) is 10.00. The van der Waals surface area contributed by atoms with Crippen molar-refractivity contribution in [3.8, 4) is 0 Å². The van der Waals surface area contributed by atoms with Gasteiger partial charge in [0.1, 0.15) is 5.57 Å². The number of rotatable bonds is 8. The number of allylic oxidation sites excluding steroid dienone is 1. The predicted molar refractivity (Wildman–Crippen MR) is 65.1 cm³/mol. The molecule has 0 aromatic carbocycles. The average Bonchev–Trinajstić information content (AvgIpc) is 2.81. The molecule has 0 aliphatic heterocycles. The van der Waals surface area contributed by atoms with E-state index in [1.807, 2.05) is 0 Å². The Balaban J connectivity index is 1.97. The van der Waals surface area contributed by atoms with Crippen molar-refractivity contribution < 1.29 is 9.53 Å². The van der Waals surface area contributed by atoms with Gasteiger partial charge in [-0.25, -0.2) is 4.79 Å². The molecule has 2 nitrogen and oxygen atoms in total. The Hall–Kier alpha value is -1.27. The second-order valence-corrected chi connectivity index (χ2v) is 3.99. The zero-order chi connectivity index (χ0) is 11.6. The summed E-state index contributed by atoms with van der Waals surface area (Å²) < 4.78 is 5.12. The lowest BCUT2D eigenvalue weighted by atomic mass is 10.1. The summed E-state index contributed by atoms with van der Waals surface area (Å²) in [5.41, 5.74) is 3.36. The number of ether oxygens (including phenoxy) is 1. The Morgan fingerprint density at radius 2 is 2.00 bits per heavy atom. The quantitative estimate of drug-likeness (QED) is 0.355. The Bertz CT molecular complexity index is 307. The molecule has 1 rings (SSSR count). The largest absolute Gasteiger partial charge is 0.462 e. The van der Waals surface area contributed by atoms with Gasteiger partial charge in [-0.1, -0.05) is 45.1 Å². The van der Waals surface area contributed by atoms with Crippen LogP contribution in [0.15, 0.2) is 29.5 Å². The van der Waals surface area contributed by atoms with E-state index in [0.717, 1.165) is 12.8 Å². The normalized spacial score (nSPS) is 12.9. The van der Waals surface area contributed by atoms with Crippen molar-refractivity contribution >= 4 is 5.97 Å². The maximum Gasteiger partial charge on any atom is 0.346 e. The molecule has 0 N–H and O–H groups in total. The van der Waals surface area contributed by atoms with Gasteiger partial charge in [-0.2, -0.15) is 0 Å². The van der Waals surface area contributed by atoms with Gasteiger partial charge in [-0.15, -0.1) is 5.73 Å². The first-order valence-corrected chi connectivity index (χ1v) is 6.15. The fourth-order valence-corrected chi connectivity index (χ4v) is 1.58. The van der Waals surface area contributed by atoms with Gasteiger partial charge in [-0.05, 0) is 18.6 Å². The monoisotopic (exact) mass is 220 g/mol. The fourth-order valence-electron chi connectivity index (χ4n) is 1.58. The number of unbranched alkanes of at least 4 members (excludes halogenated alkanes) is 5. The van der Waals surface area contributed by atoms with Crippen LogP contribution in [0.2, 0.25) is 0 Å². The summed E-state index contributed by atoms with van der Waals surface area (Å²) in [7, 11) is 0. The Morgan fingerprint density at radius 1 is 1.25 bits per heavy atom. The lowest BCUT2D eigenvalue weighted by Crippen LogP contribution is -2.06. The minimum Gasteiger partial charge on any atom is -0.462 e. The molecule has 0 spiro atoms. The van der Waals surface area contributed by atoms with Crippen molar-refractivity contribution in [1.82, 2.24) is 0 Å². The van der Waals surface area contributed by atoms with Crippen LogP contribution in [0.5, 0.6) is 0 Å². The van der Waals surface area contributed by atoms with Crippen LogP contribution >= 0.6 is 0 Å². The Kier molecular flexibility index (Phi) is 6.36. The van der Waals surface area contributed by atoms with E-state index in [1.165, 1.54) is 25.7 Å². The lowest BCUT2D eigenvalue weighted by Gasteiger charge is -2.03. The molecular formula is C14H20O2. The van der Waals surface area contributed by atoms with Gasteiger partial charge in [0.15, 0.2) is 0 Å². The van der Waals surface area contributed by atoms with E-state index in [9.17, 15) is 4.79 Å². The molecule has 0 bridgehead atoms. The summed E-state index contributed by atoms with van der Waals surface area (Å²) in [6, 6.07) is 0. The van der Waals surface area contributed by atoms with Gasteiger partial charge >= 0.3 is 5.97 Å². The van der Waals surface area contributed by atoms with Crippen molar-refractivity contribution in [1.29, 1.82) is 0 Å². The molecule has 88 valence electrons. The molecule has 0 aromatic heterocycles. The van der Waals surface area contributed by atoms with Crippen LogP contribution in [0.3, 0.4) is 0 Å². The van der Waals surface area contributed by atoms with E-state index in [1.54, 1.807) is 18.2 Å². The molecule has 0 radical (unpaired) electrons. The highest BCUT2D eigenvalue weighted by molar-refractivity contribution is 5.92. The molecule has 0 saturated heterocycles. The lowest BCUT2D eigenvalue weighted by molar-refractivity contribution is -0.138. The molecule has 0 atom stereocenters. The predicted octanol–water partition coefficient (Wildman–Crippen LogP) is 3.54. The minimum absolute atomic E-state index is 0.251. The van der Waals surface area contributed by atoms with E-state index < -0.39 is 0 Å². The van der Waals surface area contributed by atoms with Gasteiger partial charge in [-0.3, -0.25) is 0 Å². The number of hydrogen-bond donors (Lipinski definition) is 0. The molecule has 0 heterocycles. The molecule has 0 amide bonds. The zero-order valence-corrected chi connectivity index (χ0v) is 10.00. The van der Waals surface area contributed by atoms with Gasteiger partial charge in [0, 0.05) is 0 Å². The maximum atomic E-state index is 11.4. The van der Waals surface area contributed by atoms with Crippen LogP contribution in [0.4, 0.5) is 0 Å². The summed E-state index contributed by atoms with van der Waals surface area (Å²) in [5.74, 6) is -0.251. The first-order valence-electron chi connectivity index (χ1n) is 6.15. The van der Waals surface area contributed by atoms with E-state index in [4.69, 9.17) is 4.74 Å². The van der Waals surface area contributed by atoms with E-state index >= 15 is 0 Å². The number of carbonyl (C=O) groups excluding carboxylic acids is 1. The number of hydrogen-bond acceptors (Lipinski definition) is 2. The maximum absolute atomic E-state index is 11.4. The van der Waals surface area contributed by atoms with E-state index in [2.05, 4.69) is 12.7 Å². The first-order chi connectivity index (χ1) is 7.84. The first kappa shape index (κ1) is 12.8. The topological polar surface area (TPSA) is 26.3 Å². The minimum atomic E-state index is -0.251. The molecule has 0 aromatic rings. The highest BCUT2D eigenvalue weighted by Gasteiger charge is 2.08. The SMILES string of the molecule is CCCCCCCCOC(=O)C1=C=CC=C1. The third-order valence-electron chi connectivity index (χ3n) is 2.55. The van der Waals surface area contributed by atoms with Gasteiger partial charge < -0.3 is 4.74 Å². The second-order valence-electron chi connectivity index (χ2n) is 3.99. The summed E-state index contributed by atoms with van der Waals surface area (Å²) >= 11 is 0. The fraction of sp³-hybridized carbons (Fsp3) is 0.571. The van der Waals surface area contributed by atoms with E-state index in [-0.39, 0.29) is 5.97 Å². The Morgan fingerprint density at radius 3 is 2.69 bits per heavy atom. The van der Waals surface area contributed by atoms with Gasteiger partial charge in [0.25, 0.3) is 0 Å². The third-order valence-corrected chi connectivity index (χ3v) is 2.55. The molecule has 1 aliphatic rings. The standard InChI is InChI=1S/C14H20O2/c1-2-3-4-5-6-9-12-16-14(15)13-10-7-8-11-13/h7-8,10H,2-6,9,12H2,1H3. The molecule has 2 heteroatoms. The van der Waals surface area contributed by atoms with Crippen LogP contribution in [0.25, 0.3) is 0 Å². The van der Waals surface area contributed by atoms with Crippen molar-refractivity contribution in [2.45, 2.75) is 45.4 Å². The van der Waals surface area contributed by atoms with Gasteiger partial charge in [0.05, 0.1) is 6.61 Å². The Labute approximate surface area is 97.7 Å². The molecule has 16 heavy (non-hydrogen) atoms. The summed E-state index contributed by atoms with van der Waals surface area (Å²) in [6.07, 6.45) is 12.5. The molecular weight excluding hydrogens is 200 g/mol. The number of esters is 1. The van der Waals surface area contributed by atoms with Crippen molar-refractivity contribution in [3.05, 3.63) is 29.5 Å². The summed E-state index contributed by atoms with van der Waals surface area (Å²) in [6.45, 7) is 2.74. The van der Waals surface area contributed by atoms with Crippen LogP contribution in [-0.4, -0.2) is 12.6 Å². The van der Waals surface area contributed by atoms with Crippen LogP contribution in [-0.2, 0) is 9.53 Å². The summed E-state index contributed by atoms with van der Waals surface area (Å²) in [5, 5.41) is 0. The van der Waals surface area contributed by atoms with Gasteiger partial charge in [0.2, 0.25) is 0 Å². The highest BCUT2D eigenvalue weighted by atomic mass is 16.5. The summed E-state index contributed by atoms with van der Waals surface area (Å²) in [4.78, 5) is 11.4. The highest BCUT2D eigenvalue weighted by Crippen LogP contribution is 2.07. The average molecular weight is 220 g/mol. The van der Waals surface area contributed by atoms with Crippen molar-refractivity contribution in [3.63, 3.8) is 0 Å². The smallest absolute Gasteiger partial charge is 0.346 e. The second kappa shape index (κ2) is 7.95. The third kappa shape index (κ3) is 4.99. The molecule has 0 unspecified atom stereocenters. The van der Waals surface area contributed by atoms with Crippen LogP contribution < -0.4 is 0 Å². The van der Waals surface area contributed by atoms with Crippen LogP contribution in [0, 0.1) is 0 Å². The molecule has 0 saturated carbocycles. The van der Waals surface area contributed by atoms with E-state index in [0.29, 0.717) is 12.2 Å². The number of carbonyl (C=O) groups is 1. The molecule has 1 aliphatic carbocycles. The van der Waals surface area contributed by atoms with Crippen molar-refractivity contribution in [2.24, 2.45) is 0 Å². The van der Waals surface area contributed by atoms with Crippen molar-refractivity contribution in [2.75, 3.05) is 6.61 Å². The van der Waals surface area contributed by atoms with Crippen LogP contribution in [0.1, 0.15) is 45.4 Å².